The second-order valence-corrected chi connectivity index (χ2v) is 7.49. The Labute approximate surface area is 168 Å². The van der Waals surface area contributed by atoms with Crippen molar-refractivity contribution in [2.24, 2.45) is 0 Å². The van der Waals surface area contributed by atoms with Crippen molar-refractivity contribution in [3.05, 3.63) is 35.6 Å². The number of aryl methyl sites for hydroxylation is 1. The molecular formula is C19H25N3O5S. The number of nitrogens with zero attached hydrogens (tertiary/aromatic N) is 1. The molecule has 0 aliphatic heterocycles. The van der Waals surface area contributed by atoms with Crippen LogP contribution in [0, 0.1) is 6.92 Å². The largest absolute Gasteiger partial charge is 0.497 e. The molecule has 0 radical (unpaired) electrons. The van der Waals surface area contributed by atoms with E-state index in [1.165, 1.54) is 11.8 Å². The zero-order chi connectivity index (χ0) is 20.7. The van der Waals surface area contributed by atoms with Gasteiger partial charge in [-0.1, -0.05) is 5.16 Å². The topological polar surface area (TPSA) is 103 Å². The van der Waals surface area contributed by atoms with Crippen LogP contribution in [0.2, 0.25) is 0 Å². The Balaban J connectivity index is 1.87. The van der Waals surface area contributed by atoms with E-state index in [4.69, 9.17) is 14.0 Å². The first kappa shape index (κ1) is 21.6. The third-order valence-corrected chi connectivity index (χ3v) is 5.14. The van der Waals surface area contributed by atoms with Gasteiger partial charge in [0.15, 0.2) is 5.82 Å². The number of thioether (sulfide) groups is 1. The Kier molecular flexibility index (Phi) is 7.74. The van der Waals surface area contributed by atoms with Crippen LogP contribution >= 0.6 is 11.8 Å². The number of nitrogens with one attached hydrogen (secondary N) is 2. The monoisotopic (exact) mass is 407 g/mol. The molecular weight excluding hydrogens is 382 g/mol. The number of aromatic nitrogens is 1. The van der Waals surface area contributed by atoms with E-state index < -0.39 is 5.25 Å². The van der Waals surface area contributed by atoms with Crippen LogP contribution in [0.1, 0.15) is 31.2 Å². The van der Waals surface area contributed by atoms with Gasteiger partial charge in [-0.05, 0) is 39.0 Å². The maximum absolute atomic E-state index is 12.3. The molecule has 0 saturated heterocycles. The number of rotatable bonds is 9. The third-order valence-electron chi connectivity index (χ3n) is 3.99. The highest BCUT2D eigenvalue weighted by Gasteiger charge is 2.19. The van der Waals surface area contributed by atoms with Crippen LogP contribution in [0.4, 0.5) is 5.82 Å². The van der Waals surface area contributed by atoms with E-state index in [2.05, 4.69) is 15.8 Å². The molecule has 2 aromatic rings. The number of amides is 2. The fraction of sp³-hybridized carbons (Fsp3) is 0.421. The molecule has 1 aromatic carbocycles. The quantitative estimate of drug-likeness (QED) is 0.659. The molecule has 152 valence electrons. The molecule has 1 aromatic heterocycles. The zero-order valence-corrected chi connectivity index (χ0v) is 17.4. The normalized spacial score (nSPS) is 12.8. The highest BCUT2D eigenvalue weighted by molar-refractivity contribution is 8.01. The second kappa shape index (κ2) is 10.0. The lowest BCUT2D eigenvalue weighted by Crippen LogP contribution is -2.30. The van der Waals surface area contributed by atoms with Gasteiger partial charge in [0.25, 0.3) is 0 Å². The Morgan fingerprint density at radius 3 is 2.57 bits per heavy atom. The first-order chi connectivity index (χ1) is 13.3. The van der Waals surface area contributed by atoms with E-state index >= 15 is 0 Å². The summed E-state index contributed by atoms with van der Waals surface area (Å²) in [5.41, 5.74) is 0.812. The number of anilines is 1. The molecule has 0 aliphatic rings. The minimum absolute atomic E-state index is 0.142. The summed E-state index contributed by atoms with van der Waals surface area (Å²) in [4.78, 5) is 24.5. The predicted molar refractivity (Wildman–Crippen MR) is 108 cm³/mol. The SMILES string of the molecule is COc1ccc(OC)c([C@H](C)NC(=O)CS[C@H](C)C(=O)Nc2cc(C)on2)c1. The van der Waals surface area contributed by atoms with E-state index in [0.29, 0.717) is 23.1 Å². The summed E-state index contributed by atoms with van der Waals surface area (Å²) < 4.78 is 15.5. The zero-order valence-electron chi connectivity index (χ0n) is 16.6. The molecule has 0 aliphatic carbocycles. The highest BCUT2D eigenvalue weighted by Crippen LogP contribution is 2.29. The van der Waals surface area contributed by atoms with Gasteiger partial charge in [-0.25, -0.2) is 0 Å². The van der Waals surface area contributed by atoms with E-state index in [1.54, 1.807) is 46.3 Å². The Bertz CT molecular complexity index is 824. The second-order valence-electron chi connectivity index (χ2n) is 6.16. The third kappa shape index (κ3) is 5.91. The van der Waals surface area contributed by atoms with Gasteiger partial charge in [0.2, 0.25) is 11.8 Å². The van der Waals surface area contributed by atoms with Gasteiger partial charge >= 0.3 is 0 Å². The fourth-order valence-electron chi connectivity index (χ4n) is 2.47. The minimum Gasteiger partial charge on any atom is -0.497 e. The number of hydrogen-bond donors (Lipinski definition) is 2. The van der Waals surface area contributed by atoms with Crippen molar-refractivity contribution >= 4 is 29.4 Å². The van der Waals surface area contributed by atoms with Crippen LogP contribution in [0.5, 0.6) is 11.5 Å². The Hall–Kier alpha value is -2.68. The molecule has 0 bridgehead atoms. The minimum atomic E-state index is -0.426. The van der Waals surface area contributed by atoms with Crippen molar-refractivity contribution in [1.82, 2.24) is 10.5 Å². The molecule has 9 heteroatoms. The maximum atomic E-state index is 12.3. The number of carbonyl (C=O) groups is 2. The van der Waals surface area contributed by atoms with Crippen LogP contribution in [-0.2, 0) is 9.59 Å². The van der Waals surface area contributed by atoms with Crippen molar-refractivity contribution in [2.75, 3.05) is 25.3 Å². The number of ether oxygens (including phenoxy) is 2. The lowest BCUT2D eigenvalue weighted by atomic mass is 10.1. The van der Waals surface area contributed by atoms with E-state index in [-0.39, 0.29) is 23.6 Å². The summed E-state index contributed by atoms with van der Waals surface area (Å²) in [5.74, 6) is 2.03. The Morgan fingerprint density at radius 1 is 1.21 bits per heavy atom. The van der Waals surface area contributed by atoms with Gasteiger partial charge < -0.3 is 24.6 Å². The lowest BCUT2D eigenvalue weighted by Gasteiger charge is -2.18. The summed E-state index contributed by atoms with van der Waals surface area (Å²) in [5, 5.41) is 8.86. The standard InChI is InChI=1S/C19H25N3O5S/c1-11-8-17(22-27-11)21-19(24)13(3)28-10-18(23)20-12(2)15-9-14(25-4)6-7-16(15)26-5/h6-9,12-13H,10H2,1-5H3,(H,20,23)(H,21,22,24)/t12-,13+/m0/s1. The molecule has 28 heavy (non-hydrogen) atoms. The maximum Gasteiger partial charge on any atom is 0.238 e. The van der Waals surface area contributed by atoms with Gasteiger partial charge in [-0.2, -0.15) is 0 Å². The van der Waals surface area contributed by atoms with Crippen LogP contribution in [0.15, 0.2) is 28.8 Å². The van der Waals surface area contributed by atoms with Crippen molar-refractivity contribution in [3.63, 3.8) is 0 Å². The summed E-state index contributed by atoms with van der Waals surface area (Å²) in [6, 6.07) is 6.77. The average Bonchev–Trinajstić information content (AvgIpc) is 3.09. The highest BCUT2D eigenvalue weighted by atomic mass is 32.2. The van der Waals surface area contributed by atoms with Gasteiger partial charge in [0.1, 0.15) is 17.3 Å². The first-order valence-corrected chi connectivity index (χ1v) is 9.76. The molecule has 0 fully saturated rings. The molecule has 1 heterocycles. The van der Waals surface area contributed by atoms with Gasteiger partial charge in [-0.3, -0.25) is 9.59 Å². The lowest BCUT2D eigenvalue weighted by molar-refractivity contribution is -0.119. The predicted octanol–water partition coefficient (Wildman–Crippen LogP) is 2.94. The van der Waals surface area contributed by atoms with Crippen LogP contribution < -0.4 is 20.1 Å². The van der Waals surface area contributed by atoms with Crippen molar-refractivity contribution in [2.45, 2.75) is 32.1 Å². The molecule has 2 N–H and O–H groups in total. The van der Waals surface area contributed by atoms with Gasteiger partial charge in [-0.15, -0.1) is 11.8 Å². The molecule has 2 amide bonds. The van der Waals surface area contributed by atoms with Crippen molar-refractivity contribution in [1.29, 1.82) is 0 Å². The summed E-state index contributed by atoms with van der Waals surface area (Å²) >= 11 is 1.24. The van der Waals surface area contributed by atoms with Crippen LogP contribution in [0.25, 0.3) is 0 Å². The molecule has 2 atom stereocenters. The molecule has 8 nitrogen and oxygen atoms in total. The first-order valence-electron chi connectivity index (χ1n) is 8.71. The summed E-state index contributed by atoms with van der Waals surface area (Å²) in [6.45, 7) is 5.33. The molecule has 2 rings (SSSR count). The fourth-order valence-corrected chi connectivity index (χ4v) is 3.16. The van der Waals surface area contributed by atoms with Gasteiger partial charge in [0.05, 0.1) is 31.3 Å². The smallest absolute Gasteiger partial charge is 0.238 e. The number of carbonyl (C=O) groups excluding carboxylic acids is 2. The van der Waals surface area contributed by atoms with Crippen molar-refractivity contribution in [3.8, 4) is 11.5 Å². The molecule has 0 spiro atoms. The number of methoxy groups -OCH3 is 2. The summed E-state index contributed by atoms with van der Waals surface area (Å²) in [7, 11) is 3.16. The van der Waals surface area contributed by atoms with Crippen LogP contribution in [0.3, 0.4) is 0 Å². The van der Waals surface area contributed by atoms with Crippen molar-refractivity contribution < 1.29 is 23.6 Å². The van der Waals surface area contributed by atoms with E-state index in [1.807, 2.05) is 13.0 Å². The van der Waals surface area contributed by atoms with E-state index in [0.717, 1.165) is 5.56 Å². The summed E-state index contributed by atoms with van der Waals surface area (Å²) in [6.07, 6.45) is 0. The van der Waals surface area contributed by atoms with E-state index in [9.17, 15) is 9.59 Å². The van der Waals surface area contributed by atoms with Crippen LogP contribution in [-0.4, -0.2) is 42.2 Å². The average molecular weight is 407 g/mol. The Morgan fingerprint density at radius 2 is 1.96 bits per heavy atom. The molecule has 0 unspecified atom stereocenters. The van der Waals surface area contributed by atoms with Gasteiger partial charge in [0, 0.05) is 11.6 Å². The number of benzene rings is 1. The molecule has 0 saturated carbocycles. The number of hydrogen-bond acceptors (Lipinski definition) is 7.